The van der Waals surface area contributed by atoms with Crippen LogP contribution >= 0.6 is 11.8 Å². The maximum atomic E-state index is 13.4. The molecule has 2 heterocycles. The van der Waals surface area contributed by atoms with Crippen molar-refractivity contribution in [1.29, 1.82) is 0 Å². The molecule has 2 aromatic carbocycles. The molecule has 166 valence electrons. The normalized spacial score (nSPS) is 11.3. The van der Waals surface area contributed by atoms with Gasteiger partial charge in [0.15, 0.2) is 5.16 Å². The zero-order chi connectivity index (χ0) is 23.1. The average Bonchev–Trinajstić information content (AvgIpc) is 3.18. The number of amides is 1. The third-order valence-electron chi connectivity index (χ3n) is 4.61. The van der Waals surface area contributed by atoms with Crippen LogP contribution in [0.15, 0.2) is 76.3 Å². The highest BCUT2D eigenvalue weighted by molar-refractivity contribution is 7.99. The minimum atomic E-state index is -0.190. The maximum absolute atomic E-state index is 13.4. The van der Waals surface area contributed by atoms with Crippen molar-refractivity contribution in [3.05, 3.63) is 76.7 Å². The molecular weight excluding hydrogens is 420 g/mol. The van der Waals surface area contributed by atoms with E-state index in [1.165, 1.54) is 18.2 Å². The number of hydrogen-bond acceptors (Lipinski definition) is 4. The molecule has 0 unspecified atom stereocenters. The van der Waals surface area contributed by atoms with Gasteiger partial charge in [-0.25, -0.2) is 4.98 Å². The molecule has 0 saturated heterocycles. The standard InChI is InChI=1S/C22H20N4O2S.C3H8/c1-3-14(2)23-18(27)13-29-22-25-19-16-11-7-8-12-17(16)24-20(19)21(28)26(22)15-9-5-4-6-10-15;1-3-2/h3-12,24H,13H2,1-2H3,(H,23,27);3H2,1-2H3/b14-3+;. The molecule has 4 rings (SSSR count). The Kier molecular flexibility index (Phi) is 7.89. The number of nitrogens with zero attached hydrogens (tertiary/aromatic N) is 2. The van der Waals surface area contributed by atoms with E-state index in [1.807, 2.05) is 74.5 Å². The fraction of sp³-hybridized carbons (Fsp3) is 0.240. The number of aromatic nitrogens is 3. The number of rotatable bonds is 5. The van der Waals surface area contributed by atoms with Gasteiger partial charge in [0.05, 0.1) is 11.4 Å². The fourth-order valence-corrected chi connectivity index (χ4v) is 3.91. The lowest BCUT2D eigenvalue weighted by Crippen LogP contribution is -2.25. The summed E-state index contributed by atoms with van der Waals surface area (Å²) in [5.41, 5.74) is 3.23. The number of hydrogen-bond donors (Lipinski definition) is 2. The fourth-order valence-electron chi connectivity index (χ4n) is 3.10. The first-order valence-electron chi connectivity index (χ1n) is 10.6. The number of fused-ring (bicyclic) bond motifs is 3. The molecule has 0 aliphatic rings. The predicted molar refractivity (Wildman–Crippen MR) is 133 cm³/mol. The van der Waals surface area contributed by atoms with Crippen LogP contribution in [0.2, 0.25) is 0 Å². The van der Waals surface area contributed by atoms with Gasteiger partial charge < -0.3 is 10.3 Å². The Bertz CT molecular complexity index is 1310. The van der Waals surface area contributed by atoms with Gasteiger partial charge in [0, 0.05) is 16.6 Å². The Morgan fingerprint density at radius 2 is 1.78 bits per heavy atom. The van der Waals surface area contributed by atoms with Gasteiger partial charge in [0.2, 0.25) is 5.91 Å². The van der Waals surface area contributed by atoms with Crippen molar-refractivity contribution in [3.63, 3.8) is 0 Å². The first-order chi connectivity index (χ1) is 15.5. The van der Waals surface area contributed by atoms with Crippen LogP contribution in [-0.4, -0.2) is 26.2 Å². The van der Waals surface area contributed by atoms with Gasteiger partial charge in [-0.1, -0.05) is 74.5 Å². The molecule has 0 fully saturated rings. The molecule has 32 heavy (non-hydrogen) atoms. The van der Waals surface area contributed by atoms with Gasteiger partial charge in [0.1, 0.15) is 11.0 Å². The molecule has 2 N–H and O–H groups in total. The second kappa shape index (κ2) is 10.8. The number of allylic oxidation sites excluding steroid dienone is 2. The Morgan fingerprint density at radius 3 is 2.47 bits per heavy atom. The van der Waals surface area contributed by atoms with Gasteiger partial charge in [0.25, 0.3) is 5.56 Å². The van der Waals surface area contributed by atoms with E-state index in [4.69, 9.17) is 4.98 Å². The quantitative estimate of drug-likeness (QED) is 0.316. The summed E-state index contributed by atoms with van der Waals surface area (Å²) >= 11 is 1.24. The van der Waals surface area contributed by atoms with Gasteiger partial charge >= 0.3 is 0 Å². The van der Waals surface area contributed by atoms with Crippen molar-refractivity contribution < 1.29 is 4.79 Å². The minimum absolute atomic E-state index is 0.140. The highest BCUT2D eigenvalue weighted by atomic mass is 32.2. The van der Waals surface area contributed by atoms with Crippen LogP contribution in [0, 0.1) is 0 Å². The van der Waals surface area contributed by atoms with Gasteiger partial charge in [-0.3, -0.25) is 14.2 Å². The van der Waals surface area contributed by atoms with E-state index < -0.39 is 0 Å². The van der Waals surface area contributed by atoms with E-state index in [-0.39, 0.29) is 17.2 Å². The third-order valence-corrected chi connectivity index (χ3v) is 5.55. The zero-order valence-electron chi connectivity index (χ0n) is 18.8. The summed E-state index contributed by atoms with van der Waals surface area (Å²) in [6.45, 7) is 7.95. The molecule has 0 saturated carbocycles. The molecule has 0 radical (unpaired) electrons. The maximum Gasteiger partial charge on any atom is 0.283 e. The molecule has 0 atom stereocenters. The molecule has 0 aliphatic carbocycles. The molecule has 4 aromatic rings. The SMILES string of the molecule is C/C=C(\C)NC(=O)CSc1nc2c([nH]c3ccccc32)c(=O)n1-c1ccccc1.CCC. The van der Waals surface area contributed by atoms with Crippen LogP contribution in [0.25, 0.3) is 27.6 Å². The summed E-state index contributed by atoms with van der Waals surface area (Å²) in [5, 5.41) is 4.18. The summed E-state index contributed by atoms with van der Waals surface area (Å²) < 4.78 is 1.55. The van der Waals surface area contributed by atoms with Crippen molar-refractivity contribution in [1.82, 2.24) is 19.9 Å². The summed E-state index contributed by atoms with van der Waals surface area (Å²) in [6.07, 6.45) is 3.08. The lowest BCUT2D eigenvalue weighted by atomic mass is 10.2. The molecule has 7 heteroatoms. The number of carbonyl (C=O) groups excluding carboxylic acids is 1. The lowest BCUT2D eigenvalue weighted by molar-refractivity contribution is -0.117. The van der Waals surface area contributed by atoms with Crippen LogP contribution in [0.3, 0.4) is 0 Å². The van der Waals surface area contributed by atoms with Crippen molar-refractivity contribution in [2.75, 3.05) is 5.75 Å². The molecular formula is C25H28N4O2S. The Hall–Kier alpha value is -3.32. The van der Waals surface area contributed by atoms with E-state index in [2.05, 4.69) is 24.1 Å². The molecule has 0 bridgehead atoms. The van der Waals surface area contributed by atoms with Crippen LogP contribution in [0.5, 0.6) is 0 Å². The molecule has 6 nitrogen and oxygen atoms in total. The van der Waals surface area contributed by atoms with E-state index in [0.717, 1.165) is 16.6 Å². The summed E-state index contributed by atoms with van der Waals surface area (Å²) in [5.74, 6) is 0.0108. The van der Waals surface area contributed by atoms with Crippen molar-refractivity contribution in [3.8, 4) is 5.69 Å². The average molecular weight is 449 g/mol. The van der Waals surface area contributed by atoms with Gasteiger partial charge in [-0.2, -0.15) is 0 Å². The van der Waals surface area contributed by atoms with Gasteiger partial charge in [-0.05, 0) is 32.0 Å². The number of para-hydroxylation sites is 2. The smallest absolute Gasteiger partial charge is 0.283 e. The molecule has 2 aromatic heterocycles. The number of benzene rings is 2. The second-order valence-electron chi connectivity index (χ2n) is 7.28. The van der Waals surface area contributed by atoms with E-state index >= 15 is 0 Å². The molecule has 0 aliphatic heterocycles. The zero-order valence-corrected chi connectivity index (χ0v) is 19.6. The van der Waals surface area contributed by atoms with Crippen LogP contribution in [0.4, 0.5) is 0 Å². The number of H-pyrrole nitrogens is 1. The number of nitrogens with one attached hydrogen (secondary N) is 2. The minimum Gasteiger partial charge on any atom is -0.349 e. The van der Waals surface area contributed by atoms with Crippen molar-refractivity contribution in [2.45, 2.75) is 39.3 Å². The predicted octanol–water partition coefficient (Wildman–Crippen LogP) is 5.42. The van der Waals surface area contributed by atoms with E-state index in [9.17, 15) is 9.59 Å². The number of carbonyl (C=O) groups is 1. The topological polar surface area (TPSA) is 79.8 Å². The monoisotopic (exact) mass is 448 g/mol. The Morgan fingerprint density at radius 1 is 1.12 bits per heavy atom. The van der Waals surface area contributed by atoms with Crippen LogP contribution < -0.4 is 10.9 Å². The van der Waals surface area contributed by atoms with Gasteiger partial charge in [-0.15, -0.1) is 0 Å². The van der Waals surface area contributed by atoms with E-state index in [0.29, 0.717) is 21.9 Å². The third kappa shape index (κ3) is 5.11. The largest absolute Gasteiger partial charge is 0.349 e. The number of aromatic amines is 1. The highest BCUT2D eigenvalue weighted by Crippen LogP contribution is 2.26. The lowest BCUT2D eigenvalue weighted by Gasteiger charge is -2.12. The molecule has 0 spiro atoms. The first kappa shape index (κ1) is 23.3. The van der Waals surface area contributed by atoms with Crippen LogP contribution in [-0.2, 0) is 4.79 Å². The number of thioether (sulfide) groups is 1. The Balaban J connectivity index is 0.000000913. The summed E-state index contributed by atoms with van der Waals surface area (Å²) in [4.78, 5) is 33.6. The van der Waals surface area contributed by atoms with Crippen molar-refractivity contribution >= 4 is 39.6 Å². The summed E-state index contributed by atoms with van der Waals surface area (Å²) in [6, 6.07) is 17.0. The Labute approximate surface area is 191 Å². The molecule has 1 amide bonds. The van der Waals surface area contributed by atoms with Crippen LogP contribution in [0.1, 0.15) is 34.1 Å². The first-order valence-corrected chi connectivity index (χ1v) is 11.6. The van der Waals surface area contributed by atoms with E-state index in [1.54, 1.807) is 4.57 Å². The summed E-state index contributed by atoms with van der Waals surface area (Å²) in [7, 11) is 0. The van der Waals surface area contributed by atoms with Crippen molar-refractivity contribution in [2.24, 2.45) is 0 Å². The second-order valence-corrected chi connectivity index (χ2v) is 8.22. The highest BCUT2D eigenvalue weighted by Gasteiger charge is 2.18.